The first kappa shape index (κ1) is 15.3. The van der Waals surface area contributed by atoms with Gasteiger partial charge in [-0.3, -0.25) is 10.1 Å². The molecule has 1 fully saturated rings. The van der Waals surface area contributed by atoms with E-state index in [1.165, 1.54) is 7.11 Å². The van der Waals surface area contributed by atoms with Crippen molar-refractivity contribution in [2.24, 2.45) is 5.92 Å². The molecule has 0 heterocycles. The van der Waals surface area contributed by atoms with Gasteiger partial charge in [-0.25, -0.2) is 0 Å². The second-order valence-electron chi connectivity index (χ2n) is 4.75. The van der Waals surface area contributed by atoms with Gasteiger partial charge in [0.15, 0.2) is 0 Å². The molecule has 3 nitrogen and oxygen atoms in total. The van der Waals surface area contributed by atoms with Crippen molar-refractivity contribution in [1.82, 2.24) is 5.32 Å². The molecular formula is C12H20F3NO2. The Morgan fingerprint density at radius 3 is 2.28 bits per heavy atom. The molecule has 1 aliphatic carbocycles. The molecule has 0 amide bonds. The molecule has 1 aliphatic rings. The highest BCUT2D eigenvalue weighted by Gasteiger charge is 2.34. The maximum atomic E-state index is 12.2. The first-order valence-electron chi connectivity index (χ1n) is 6.32. The van der Waals surface area contributed by atoms with Gasteiger partial charge in [-0.05, 0) is 18.8 Å². The number of esters is 1. The lowest BCUT2D eigenvalue weighted by Crippen LogP contribution is -2.47. The lowest BCUT2D eigenvalue weighted by Gasteiger charge is -2.25. The van der Waals surface area contributed by atoms with E-state index < -0.39 is 24.7 Å². The van der Waals surface area contributed by atoms with Gasteiger partial charge in [-0.1, -0.05) is 25.7 Å². The summed E-state index contributed by atoms with van der Waals surface area (Å²) in [5.41, 5.74) is 0. The molecule has 6 heteroatoms. The van der Waals surface area contributed by atoms with Crippen molar-refractivity contribution in [2.45, 2.75) is 50.7 Å². The van der Waals surface area contributed by atoms with Crippen molar-refractivity contribution in [1.29, 1.82) is 0 Å². The average molecular weight is 267 g/mol. The molecule has 106 valence electrons. The third-order valence-corrected chi connectivity index (χ3v) is 3.35. The van der Waals surface area contributed by atoms with Crippen LogP contribution in [0.2, 0.25) is 0 Å². The Bertz CT molecular complexity index is 261. The van der Waals surface area contributed by atoms with Crippen molar-refractivity contribution in [3.05, 3.63) is 0 Å². The molecule has 0 radical (unpaired) electrons. The summed E-state index contributed by atoms with van der Waals surface area (Å²) in [7, 11) is 1.21. The Kier molecular flexibility index (Phi) is 5.91. The van der Waals surface area contributed by atoms with Crippen molar-refractivity contribution >= 4 is 5.97 Å². The molecule has 0 bridgehead atoms. The summed E-state index contributed by atoms with van der Waals surface area (Å²) >= 11 is 0. The van der Waals surface area contributed by atoms with Gasteiger partial charge >= 0.3 is 12.1 Å². The lowest BCUT2D eigenvalue weighted by atomic mass is 9.92. The molecule has 1 unspecified atom stereocenters. The number of ether oxygens (including phenoxy) is 1. The van der Waals surface area contributed by atoms with Crippen LogP contribution in [0.1, 0.15) is 38.5 Å². The Labute approximate surface area is 105 Å². The number of rotatable bonds is 4. The summed E-state index contributed by atoms with van der Waals surface area (Å²) in [5.74, 6) is -0.645. The average Bonchev–Trinajstić information content (AvgIpc) is 2.56. The number of carbonyl (C=O) groups is 1. The van der Waals surface area contributed by atoms with Crippen molar-refractivity contribution in [2.75, 3.05) is 13.7 Å². The molecular weight excluding hydrogens is 247 g/mol. The quantitative estimate of drug-likeness (QED) is 0.628. The van der Waals surface area contributed by atoms with Gasteiger partial charge in [-0.2, -0.15) is 13.2 Å². The van der Waals surface area contributed by atoms with Gasteiger partial charge in [0.2, 0.25) is 0 Å². The van der Waals surface area contributed by atoms with Crippen LogP contribution in [0.4, 0.5) is 13.2 Å². The Hall–Kier alpha value is -0.780. The first-order chi connectivity index (χ1) is 8.44. The maximum absolute atomic E-state index is 12.2. The van der Waals surface area contributed by atoms with Crippen LogP contribution in [-0.4, -0.2) is 31.8 Å². The smallest absolute Gasteiger partial charge is 0.401 e. The van der Waals surface area contributed by atoms with Crippen LogP contribution in [-0.2, 0) is 9.53 Å². The molecule has 0 saturated heterocycles. The molecule has 18 heavy (non-hydrogen) atoms. The van der Waals surface area contributed by atoms with E-state index in [4.69, 9.17) is 0 Å². The number of nitrogens with one attached hydrogen (secondary N) is 1. The largest absolute Gasteiger partial charge is 0.468 e. The second-order valence-corrected chi connectivity index (χ2v) is 4.75. The monoisotopic (exact) mass is 267 g/mol. The zero-order chi connectivity index (χ0) is 13.6. The minimum Gasteiger partial charge on any atom is -0.468 e. The number of hydrogen-bond donors (Lipinski definition) is 1. The molecule has 1 N–H and O–H groups in total. The third kappa shape index (κ3) is 5.25. The van der Waals surface area contributed by atoms with Gasteiger partial charge < -0.3 is 4.74 Å². The van der Waals surface area contributed by atoms with E-state index in [0.29, 0.717) is 0 Å². The molecule has 1 atom stereocenters. The lowest BCUT2D eigenvalue weighted by molar-refractivity contribution is -0.148. The summed E-state index contributed by atoms with van der Waals surface area (Å²) in [6.07, 6.45) is 1.36. The summed E-state index contributed by atoms with van der Waals surface area (Å²) in [6.45, 7) is -1.15. The van der Waals surface area contributed by atoms with E-state index in [1.807, 2.05) is 0 Å². The molecule has 1 rings (SSSR count). The summed E-state index contributed by atoms with van der Waals surface area (Å²) in [6, 6.07) is -0.838. The highest BCUT2D eigenvalue weighted by Crippen LogP contribution is 2.26. The maximum Gasteiger partial charge on any atom is 0.401 e. The van der Waals surface area contributed by atoms with Crippen LogP contribution in [0.15, 0.2) is 0 Å². The first-order valence-corrected chi connectivity index (χ1v) is 6.32. The standard InChI is InChI=1S/C12H20F3NO2/c1-18-11(17)10(16-8-12(13,14)15)9-6-4-2-3-5-7-9/h9-10,16H,2-8H2,1H3. The minimum atomic E-state index is -4.31. The number of hydrogen-bond acceptors (Lipinski definition) is 3. The van der Waals surface area contributed by atoms with Gasteiger partial charge in [0, 0.05) is 0 Å². The van der Waals surface area contributed by atoms with E-state index in [0.717, 1.165) is 38.5 Å². The van der Waals surface area contributed by atoms with Crippen molar-refractivity contribution in [3.63, 3.8) is 0 Å². The Morgan fingerprint density at radius 2 is 1.83 bits per heavy atom. The third-order valence-electron chi connectivity index (χ3n) is 3.35. The molecule has 0 spiro atoms. The van der Waals surface area contributed by atoms with Gasteiger partial charge in [0.1, 0.15) is 6.04 Å². The fraction of sp³-hybridized carbons (Fsp3) is 0.917. The molecule has 0 aromatic heterocycles. The fourth-order valence-electron chi connectivity index (χ4n) is 2.44. The summed E-state index contributed by atoms with van der Waals surface area (Å²) in [4.78, 5) is 11.6. The van der Waals surface area contributed by atoms with E-state index in [1.54, 1.807) is 0 Å². The van der Waals surface area contributed by atoms with Gasteiger partial charge in [-0.15, -0.1) is 0 Å². The van der Waals surface area contributed by atoms with E-state index in [2.05, 4.69) is 10.1 Å². The van der Waals surface area contributed by atoms with Gasteiger partial charge in [0.25, 0.3) is 0 Å². The zero-order valence-electron chi connectivity index (χ0n) is 10.6. The molecule has 0 aromatic carbocycles. The van der Waals surface area contributed by atoms with E-state index >= 15 is 0 Å². The summed E-state index contributed by atoms with van der Waals surface area (Å²) in [5, 5.41) is 2.31. The van der Waals surface area contributed by atoms with E-state index in [-0.39, 0.29) is 5.92 Å². The number of halogens is 3. The van der Waals surface area contributed by atoms with Crippen LogP contribution >= 0.6 is 0 Å². The van der Waals surface area contributed by atoms with Crippen LogP contribution < -0.4 is 5.32 Å². The fourth-order valence-corrected chi connectivity index (χ4v) is 2.44. The van der Waals surface area contributed by atoms with Crippen molar-refractivity contribution in [3.8, 4) is 0 Å². The number of alkyl halides is 3. The highest BCUT2D eigenvalue weighted by atomic mass is 19.4. The Morgan fingerprint density at radius 1 is 1.28 bits per heavy atom. The van der Waals surface area contributed by atoms with Crippen LogP contribution in [0.25, 0.3) is 0 Å². The normalized spacial score (nSPS) is 20.2. The van der Waals surface area contributed by atoms with Crippen LogP contribution in [0, 0.1) is 5.92 Å². The van der Waals surface area contributed by atoms with Crippen LogP contribution in [0.3, 0.4) is 0 Å². The predicted molar refractivity (Wildman–Crippen MR) is 61.1 cm³/mol. The summed E-state index contributed by atoms with van der Waals surface area (Å²) < 4.78 is 41.3. The number of carbonyl (C=O) groups excluding carboxylic acids is 1. The highest BCUT2D eigenvalue weighted by molar-refractivity contribution is 5.76. The second kappa shape index (κ2) is 6.97. The number of methoxy groups -OCH3 is 1. The topological polar surface area (TPSA) is 38.3 Å². The minimum absolute atomic E-state index is 0.0534. The van der Waals surface area contributed by atoms with Gasteiger partial charge in [0.05, 0.1) is 13.7 Å². The van der Waals surface area contributed by atoms with Crippen LogP contribution in [0.5, 0.6) is 0 Å². The van der Waals surface area contributed by atoms with Crippen molar-refractivity contribution < 1.29 is 22.7 Å². The SMILES string of the molecule is COC(=O)C(NCC(F)(F)F)C1CCCCCC1. The molecule has 0 aromatic rings. The molecule has 1 saturated carbocycles. The zero-order valence-corrected chi connectivity index (χ0v) is 10.6. The molecule has 0 aliphatic heterocycles. The Balaban J connectivity index is 2.61. The predicted octanol–water partition coefficient (Wildman–Crippen LogP) is 2.65. The van der Waals surface area contributed by atoms with E-state index in [9.17, 15) is 18.0 Å².